The van der Waals surface area contributed by atoms with Crippen molar-refractivity contribution in [3.05, 3.63) is 40.7 Å². The average Bonchev–Trinajstić information content (AvgIpc) is 2.77. The number of halogens is 2. The quantitative estimate of drug-likeness (QED) is 0.190. The van der Waals surface area contributed by atoms with E-state index in [0.29, 0.717) is 5.92 Å². The van der Waals surface area contributed by atoms with Gasteiger partial charge in [0.25, 0.3) is 5.91 Å². The van der Waals surface area contributed by atoms with Gasteiger partial charge in [-0.3, -0.25) is 15.5 Å². The van der Waals surface area contributed by atoms with Crippen LogP contribution in [0.15, 0.2) is 24.3 Å². The summed E-state index contributed by atoms with van der Waals surface area (Å²) in [5.41, 5.74) is 12.4. The largest absolute Gasteiger partial charge is 1.00 e. The summed E-state index contributed by atoms with van der Waals surface area (Å²) in [4.78, 5) is 20.2. The minimum absolute atomic E-state index is 0. The maximum absolute atomic E-state index is 12.5. The van der Waals surface area contributed by atoms with Crippen molar-refractivity contribution in [2.24, 2.45) is 5.92 Å². The van der Waals surface area contributed by atoms with Crippen molar-refractivity contribution in [1.82, 2.24) is 20.6 Å². The normalized spacial score (nSPS) is 23.3. The molecule has 3 saturated heterocycles. The summed E-state index contributed by atoms with van der Waals surface area (Å²) in [7, 11) is 1.67. The third-order valence-electron chi connectivity index (χ3n) is 6.47. The van der Waals surface area contributed by atoms with Gasteiger partial charge in [0, 0.05) is 18.4 Å². The number of carbonyl (C=O) groups excluding carboxylic acids is 1. The van der Waals surface area contributed by atoms with Crippen LogP contribution in [0.25, 0.3) is 0 Å². The van der Waals surface area contributed by atoms with Crippen LogP contribution in [0.3, 0.4) is 0 Å². The molecule has 178 valence electrons. The Hall–Kier alpha value is -2.82. The topological polar surface area (TPSA) is 152 Å². The number of ether oxygens (including phenoxy) is 1. The molecule has 10 nitrogen and oxygen atoms in total. The molecule has 0 saturated carbocycles. The maximum atomic E-state index is 12.5. The molecule has 0 unspecified atom stereocenters. The summed E-state index contributed by atoms with van der Waals surface area (Å²) < 4.78 is 6.23. The molecule has 7 N–H and O–H groups in total. The van der Waals surface area contributed by atoms with E-state index in [1.54, 1.807) is 7.11 Å². The summed E-state index contributed by atoms with van der Waals surface area (Å²) in [6, 6.07) is 8.30. The zero-order valence-electron chi connectivity index (χ0n) is 18.3. The summed E-state index contributed by atoms with van der Waals surface area (Å²) in [6.07, 6.45) is 2.17. The van der Waals surface area contributed by atoms with Crippen LogP contribution in [0.2, 0.25) is 5.15 Å². The fourth-order valence-electron chi connectivity index (χ4n) is 4.79. The van der Waals surface area contributed by atoms with Gasteiger partial charge in [0.2, 0.25) is 0 Å². The highest BCUT2D eigenvalue weighted by molar-refractivity contribution is 6.31. The van der Waals surface area contributed by atoms with E-state index in [-0.39, 0.29) is 46.9 Å². The number of rotatable bonds is 5. The number of nitrogens with two attached hydrogens (primary N) is 2. The molecule has 1 aromatic carbocycles. The zero-order chi connectivity index (χ0) is 22.9. The highest BCUT2D eigenvalue weighted by Crippen LogP contribution is 2.35. The Morgan fingerprint density at radius 3 is 2.52 bits per heavy atom. The van der Waals surface area contributed by atoms with Gasteiger partial charge in [-0.15, -0.1) is 0 Å². The van der Waals surface area contributed by atoms with E-state index in [2.05, 4.69) is 32.7 Å². The number of hydrogen-bond acceptors (Lipinski definition) is 7. The summed E-state index contributed by atoms with van der Waals surface area (Å²) in [5.74, 6) is 0.390. The van der Waals surface area contributed by atoms with Crippen LogP contribution in [0, 0.1) is 11.3 Å². The van der Waals surface area contributed by atoms with E-state index < -0.39 is 5.91 Å². The highest BCUT2D eigenvalue weighted by atomic mass is 35.5. The van der Waals surface area contributed by atoms with Crippen molar-refractivity contribution in [1.29, 1.82) is 5.41 Å². The number of nitrogens with one attached hydrogen (secondary N) is 3. The second-order valence-electron chi connectivity index (χ2n) is 8.53. The molecule has 0 spiro atoms. The van der Waals surface area contributed by atoms with Crippen LogP contribution < -0.4 is 39.2 Å². The first-order valence-corrected chi connectivity index (χ1v) is 10.9. The second kappa shape index (κ2) is 9.98. The minimum atomic E-state index is -0.655. The third-order valence-corrected chi connectivity index (χ3v) is 6.74. The monoisotopic (exact) mass is 494 g/mol. The van der Waals surface area contributed by atoms with Crippen LogP contribution in [-0.2, 0) is 6.54 Å². The van der Waals surface area contributed by atoms with Crippen LogP contribution >= 0.6 is 11.6 Å². The fourth-order valence-corrected chi connectivity index (χ4v) is 4.92. The molecule has 1 aromatic heterocycles. The molecular weight excluding hydrogens is 467 g/mol. The van der Waals surface area contributed by atoms with E-state index in [9.17, 15) is 4.79 Å². The SMILES string of the molecule is COc1ccc(C[N+]23CCC(CC2)[C@H](NC(=N)NC(=O)c2nc(Cl)c(N)nc2N)C3)cc1.[Cl-]. The van der Waals surface area contributed by atoms with Crippen LogP contribution in [-0.4, -0.2) is 59.1 Å². The van der Waals surface area contributed by atoms with Crippen molar-refractivity contribution in [2.75, 3.05) is 38.2 Å². The first kappa shape index (κ1) is 24.8. The number of guanidine groups is 1. The highest BCUT2D eigenvalue weighted by Gasteiger charge is 2.46. The van der Waals surface area contributed by atoms with Crippen molar-refractivity contribution in [3.8, 4) is 5.75 Å². The Morgan fingerprint density at radius 1 is 1.21 bits per heavy atom. The molecule has 1 atom stereocenters. The number of piperidine rings is 3. The summed E-state index contributed by atoms with van der Waals surface area (Å²) in [6.45, 7) is 4.06. The standard InChI is InChI=1S/C21H27ClN8O2.ClH/c1-32-14-4-2-12(3-5-14)10-30-8-6-13(7-9-30)15(11-30)26-21(25)29-20(31)16-18(23)28-19(24)17(22)27-16;/h2-5,13,15H,6-11H2,1H3,(H6-,23,24,25,26,28,29,31);1H/t13?,15-,30?;/m1./s1. The number of quaternary nitrogens is 1. The smallest absolute Gasteiger partial charge is 0.280 e. The molecule has 2 bridgehead atoms. The molecule has 4 heterocycles. The lowest BCUT2D eigenvalue weighted by molar-refractivity contribution is -0.956. The van der Waals surface area contributed by atoms with Crippen molar-refractivity contribution in [2.45, 2.75) is 25.4 Å². The number of fused-ring (bicyclic) bond motifs is 3. The number of aromatic nitrogens is 2. The van der Waals surface area contributed by atoms with E-state index >= 15 is 0 Å². The molecule has 1 amide bonds. The number of methoxy groups -OCH3 is 1. The number of nitrogen functional groups attached to an aromatic ring is 2. The minimum Gasteiger partial charge on any atom is -1.00 e. The van der Waals surface area contributed by atoms with Crippen molar-refractivity contribution < 1.29 is 26.4 Å². The van der Waals surface area contributed by atoms with E-state index in [1.807, 2.05) is 12.1 Å². The number of anilines is 2. The molecule has 0 radical (unpaired) electrons. The van der Waals surface area contributed by atoms with Gasteiger partial charge in [0.1, 0.15) is 12.3 Å². The molecule has 12 heteroatoms. The molecule has 5 rings (SSSR count). The Balaban J connectivity index is 0.00000306. The van der Waals surface area contributed by atoms with Crippen LogP contribution in [0.4, 0.5) is 11.6 Å². The molecule has 0 aliphatic carbocycles. The van der Waals surface area contributed by atoms with Crippen LogP contribution in [0.1, 0.15) is 28.9 Å². The first-order chi connectivity index (χ1) is 15.3. The van der Waals surface area contributed by atoms with Crippen molar-refractivity contribution in [3.63, 3.8) is 0 Å². The Labute approximate surface area is 203 Å². The van der Waals surface area contributed by atoms with E-state index in [0.717, 1.165) is 49.3 Å². The summed E-state index contributed by atoms with van der Waals surface area (Å²) in [5, 5.41) is 13.9. The lowest BCUT2D eigenvalue weighted by Gasteiger charge is -2.53. The lowest BCUT2D eigenvalue weighted by Crippen LogP contribution is -3.00. The predicted octanol–water partition coefficient (Wildman–Crippen LogP) is -1.63. The van der Waals surface area contributed by atoms with Gasteiger partial charge in [0.05, 0.1) is 32.8 Å². The molecule has 2 aromatic rings. The third kappa shape index (κ3) is 5.40. The number of hydrogen-bond donors (Lipinski definition) is 5. The Morgan fingerprint density at radius 2 is 1.88 bits per heavy atom. The van der Waals surface area contributed by atoms with Gasteiger partial charge in [-0.25, -0.2) is 9.97 Å². The Kier molecular flexibility index (Phi) is 7.51. The van der Waals surface area contributed by atoms with E-state index in [4.69, 9.17) is 33.2 Å². The fraction of sp³-hybridized carbons (Fsp3) is 0.429. The van der Waals surface area contributed by atoms with Gasteiger partial charge in [-0.2, -0.15) is 0 Å². The molecule has 3 aliphatic rings. The maximum Gasteiger partial charge on any atom is 0.280 e. The van der Waals surface area contributed by atoms with Gasteiger partial charge in [-0.1, -0.05) is 11.6 Å². The van der Waals surface area contributed by atoms with Gasteiger partial charge in [-0.05, 0) is 30.2 Å². The average molecular weight is 495 g/mol. The molecule has 3 fully saturated rings. The molecule has 33 heavy (non-hydrogen) atoms. The summed E-state index contributed by atoms with van der Waals surface area (Å²) >= 11 is 5.85. The lowest BCUT2D eigenvalue weighted by atomic mass is 9.81. The Bertz CT molecular complexity index is 1030. The second-order valence-corrected chi connectivity index (χ2v) is 8.89. The van der Waals surface area contributed by atoms with Gasteiger partial charge in [0.15, 0.2) is 28.4 Å². The molecule has 3 aliphatic heterocycles. The molecular formula is C21H28Cl2N8O2. The van der Waals surface area contributed by atoms with Gasteiger partial charge < -0.3 is 38.4 Å². The number of amides is 1. The zero-order valence-corrected chi connectivity index (χ0v) is 19.8. The van der Waals surface area contributed by atoms with Crippen LogP contribution in [0.5, 0.6) is 5.75 Å². The number of carbonyl (C=O) groups is 1. The van der Waals surface area contributed by atoms with Crippen molar-refractivity contribution >= 4 is 35.1 Å². The number of benzene rings is 1. The first-order valence-electron chi connectivity index (χ1n) is 10.5. The van der Waals surface area contributed by atoms with Gasteiger partial charge >= 0.3 is 0 Å². The van der Waals surface area contributed by atoms with E-state index in [1.165, 1.54) is 5.56 Å². The number of nitrogens with zero attached hydrogens (tertiary/aromatic N) is 3. The predicted molar refractivity (Wildman–Crippen MR) is 122 cm³/mol.